The molecular formula is C13H15NO6. The van der Waals surface area contributed by atoms with Crippen molar-refractivity contribution in [2.24, 2.45) is 0 Å². The fourth-order valence-corrected chi connectivity index (χ4v) is 1.12. The summed E-state index contributed by atoms with van der Waals surface area (Å²) in [4.78, 5) is 29.4. The van der Waals surface area contributed by atoms with Gasteiger partial charge in [-0.05, 0) is 5.56 Å². The Balaban J connectivity index is 0.000000396. The summed E-state index contributed by atoms with van der Waals surface area (Å²) < 4.78 is 0. The zero-order chi connectivity index (χ0) is 15.5. The first-order valence-electron chi connectivity index (χ1n) is 5.54. The molecule has 0 aliphatic heterocycles. The second-order valence-electron chi connectivity index (χ2n) is 3.72. The third-order valence-corrected chi connectivity index (χ3v) is 2.03. The van der Waals surface area contributed by atoms with E-state index in [9.17, 15) is 19.5 Å². The molecule has 0 spiro atoms. The predicted molar refractivity (Wildman–Crippen MR) is 66.2 cm³/mol. The summed E-state index contributed by atoms with van der Waals surface area (Å²) in [5.74, 6) is -3.61. The van der Waals surface area contributed by atoms with E-state index >= 15 is 0 Å². The minimum atomic E-state index is -1.26. The van der Waals surface area contributed by atoms with Gasteiger partial charge in [0.05, 0.1) is 5.97 Å². The minimum Gasteiger partial charge on any atom is -0.544 e. The van der Waals surface area contributed by atoms with E-state index in [-0.39, 0.29) is 0 Å². The molecule has 0 bridgehead atoms. The molecule has 0 aliphatic carbocycles. The third kappa shape index (κ3) is 9.37. The van der Waals surface area contributed by atoms with Gasteiger partial charge < -0.3 is 25.8 Å². The Bertz CT molecular complexity index is 467. The van der Waals surface area contributed by atoms with Crippen molar-refractivity contribution in [3.63, 3.8) is 0 Å². The van der Waals surface area contributed by atoms with E-state index < -0.39 is 23.9 Å². The van der Waals surface area contributed by atoms with Gasteiger partial charge >= 0.3 is 11.9 Å². The molecule has 1 aromatic carbocycles. The van der Waals surface area contributed by atoms with Gasteiger partial charge in [-0.2, -0.15) is 0 Å². The molecule has 0 unspecified atom stereocenters. The van der Waals surface area contributed by atoms with Crippen molar-refractivity contribution in [2.45, 2.75) is 12.5 Å². The summed E-state index contributed by atoms with van der Waals surface area (Å²) in [6.07, 6.45) is 1.55. The SMILES string of the molecule is O=C(O)/C=C/C(=O)O.[NH3+][C@@H](Cc1ccccc1)C(=O)[O-]. The monoisotopic (exact) mass is 281 g/mol. The van der Waals surface area contributed by atoms with Crippen molar-refractivity contribution in [1.29, 1.82) is 0 Å². The predicted octanol–water partition coefficient (Wildman–Crippen LogP) is -1.70. The van der Waals surface area contributed by atoms with Crippen LogP contribution in [0.15, 0.2) is 42.5 Å². The molecule has 7 nitrogen and oxygen atoms in total. The lowest BCUT2D eigenvalue weighted by Gasteiger charge is -2.08. The van der Waals surface area contributed by atoms with Crippen LogP contribution in [0.4, 0.5) is 0 Å². The summed E-state index contributed by atoms with van der Waals surface area (Å²) in [5.41, 5.74) is 4.44. The maximum Gasteiger partial charge on any atom is 0.328 e. The standard InChI is InChI=1S/C9H11NO2.C4H4O4/c10-8(9(11)12)6-7-4-2-1-3-5-7;5-3(6)1-2-4(7)8/h1-5,8H,6,10H2,(H,11,12);1-2H,(H,5,6)(H,7,8)/b;2-1+/t8-;/m0./s1. The number of benzene rings is 1. The average molecular weight is 281 g/mol. The molecule has 5 N–H and O–H groups in total. The molecule has 0 saturated carbocycles. The van der Waals surface area contributed by atoms with Gasteiger partial charge in [0.25, 0.3) is 0 Å². The fraction of sp³-hybridized carbons (Fsp3) is 0.154. The molecule has 1 atom stereocenters. The number of rotatable bonds is 5. The number of aliphatic carboxylic acids is 3. The number of carbonyl (C=O) groups excluding carboxylic acids is 1. The lowest BCUT2D eigenvalue weighted by Crippen LogP contribution is -2.69. The van der Waals surface area contributed by atoms with E-state index in [0.29, 0.717) is 18.6 Å². The van der Waals surface area contributed by atoms with Crippen molar-refractivity contribution in [2.75, 3.05) is 0 Å². The second-order valence-corrected chi connectivity index (χ2v) is 3.72. The normalized spacial score (nSPS) is 11.2. The molecule has 0 aromatic heterocycles. The van der Waals surface area contributed by atoms with Crippen LogP contribution < -0.4 is 10.8 Å². The van der Waals surface area contributed by atoms with Gasteiger partial charge in [0.1, 0.15) is 6.04 Å². The van der Waals surface area contributed by atoms with Gasteiger partial charge in [-0.15, -0.1) is 0 Å². The molecular weight excluding hydrogens is 266 g/mol. The lowest BCUT2D eigenvalue weighted by molar-refractivity contribution is -0.437. The number of quaternary nitrogens is 1. The minimum absolute atomic E-state index is 0.434. The quantitative estimate of drug-likeness (QED) is 0.549. The topological polar surface area (TPSA) is 142 Å². The Morgan fingerprint density at radius 3 is 1.90 bits per heavy atom. The van der Waals surface area contributed by atoms with Gasteiger partial charge in [0, 0.05) is 18.6 Å². The van der Waals surface area contributed by atoms with E-state index in [1.165, 1.54) is 0 Å². The maximum absolute atomic E-state index is 10.3. The van der Waals surface area contributed by atoms with Gasteiger partial charge in [-0.25, -0.2) is 9.59 Å². The van der Waals surface area contributed by atoms with Gasteiger partial charge in [-0.1, -0.05) is 30.3 Å². The average Bonchev–Trinajstić information content (AvgIpc) is 2.38. The van der Waals surface area contributed by atoms with E-state index in [4.69, 9.17) is 10.2 Å². The van der Waals surface area contributed by atoms with Crippen LogP contribution in [0.3, 0.4) is 0 Å². The molecule has 1 aromatic rings. The molecule has 0 amide bonds. The Labute approximate surface area is 115 Å². The molecule has 1 rings (SSSR count). The number of carboxylic acid groups (broad SMARTS) is 3. The molecule has 7 heteroatoms. The molecule has 0 fully saturated rings. The van der Waals surface area contributed by atoms with E-state index in [0.717, 1.165) is 5.56 Å². The first-order valence-corrected chi connectivity index (χ1v) is 5.54. The zero-order valence-corrected chi connectivity index (χ0v) is 10.6. The highest BCUT2D eigenvalue weighted by Gasteiger charge is 2.06. The van der Waals surface area contributed by atoms with E-state index in [2.05, 4.69) is 5.73 Å². The highest BCUT2D eigenvalue weighted by molar-refractivity contribution is 5.89. The first-order chi connectivity index (χ1) is 9.32. The summed E-state index contributed by atoms with van der Waals surface area (Å²) >= 11 is 0. The Hall–Kier alpha value is -2.67. The third-order valence-electron chi connectivity index (χ3n) is 2.03. The van der Waals surface area contributed by atoms with Crippen molar-refractivity contribution < 1.29 is 35.4 Å². The lowest BCUT2D eigenvalue weighted by atomic mass is 10.1. The highest BCUT2D eigenvalue weighted by atomic mass is 16.4. The summed E-state index contributed by atoms with van der Waals surface area (Å²) in [5, 5.41) is 26.0. The molecule has 0 saturated heterocycles. The van der Waals surface area contributed by atoms with Gasteiger partial charge in [0.15, 0.2) is 0 Å². The van der Waals surface area contributed by atoms with Crippen LogP contribution in [-0.2, 0) is 20.8 Å². The Morgan fingerprint density at radius 2 is 1.55 bits per heavy atom. The van der Waals surface area contributed by atoms with Crippen LogP contribution in [0, 0.1) is 0 Å². The number of carbonyl (C=O) groups is 3. The Morgan fingerprint density at radius 1 is 1.10 bits per heavy atom. The van der Waals surface area contributed by atoms with Gasteiger partial charge in [-0.3, -0.25) is 0 Å². The summed E-state index contributed by atoms with van der Waals surface area (Å²) in [7, 11) is 0. The Kier molecular flexibility index (Phi) is 8.05. The fourth-order valence-electron chi connectivity index (χ4n) is 1.12. The van der Waals surface area contributed by atoms with Crippen molar-refractivity contribution in [3.8, 4) is 0 Å². The van der Waals surface area contributed by atoms with Crippen LogP contribution in [-0.4, -0.2) is 34.2 Å². The molecule has 0 heterocycles. The molecule has 0 radical (unpaired) electrons. The number of hydrogen-bond acceptors (Lipinski definition) is 4. The van der Waals surface area contributed by atoms with Crippen molar-refractivity contribution in [3.05, 3.63) is 48.0 Å². The molecule has 20 heavy (non-hydrogen) atoms. The maximum atomic E-state index is 10.3. The van der Waals surface area contributed by atoms with Gasteiger partial charge in [0.2, 0.25) is 0 Å². The molecule has 0 aliphatic rings. The smallest absolute Gasteiger partial charge is 0.328 e. The number of hydrogen-bond donors (Lipinski definition) is 3. The van der Waals surface area contributed by atoms with E-state index in [1.54, 1.807) is 0 Å². The van der Waals surface area contributed by atoms with Crippen LogP contribution >= 0.6 is 0 Å². The van der Waals surface area contributed by atoms with Crippen LogP contribution in [0.1, 0.15) is 5.56 Å². The van der Waals surface area contributed by atoms with Crippen LogP contribution in [0.2, 0.25) is 0 Å². The summed E-state index contributed by atoms with van der Waals surface area (Å²) in [6, 6.07) is 8.73. The zero-order valence-electron chi connectivity index (χ0n) is 10.6. The first kappa shape index (κ1) is 17.3. The summed E-state index contributed by atoms with van der Waals surface area (Å²) in [6.45, 7) is 0. The molecule has 108 valence electrons. The number of carboxylic acids is 3. The van der Waals surface area contributed by atoms with Crippen LogP contribution in [0.25, 0.3) is 0 Å². The van der Waals surface area contributed by atoms with Crippen LogP contribution in [0.5, 0.6) is 0 Å². The van der Waals surface area contributed by atoms with E-state index in [1.807, 2.05) is 30.3 Å². The highest BCUT2D eigenvalue weighted by Crippen LogP contribution is 2.00. The van der Waals surface area contributed by atoms with Crippen molar-refractivity contribution >= 4 is 17.9 Å². The van der Waals surface area contributed by atoms with Crippen molar-refractivity contribution in [1.82, 2.24) is 0 Å². The second kappa shape index (κ2) is 9.29. The largest absolute Gasteiger partial charge is 0.544 e.